The van der Waals surface area contributed by atoms with E-state index >= 15 is 0 Å². The molecule has 0 aromatic carbocycles. The van der Waals surface area contributed by atoms with Gasteiger partial charge in [-0.3, -0.25) is 0 Å². The van der Waals surface area contributed by atoms with Crippen molar-refractivity contribution in [2.24, 2.45) is 17.3 Å². The van der Waals surface area contributed by atoms with Gasteiger partial charge in [-0.15, -0.1) is 0 Å². The van der Waals surface area contributed by atoms with E-state index in [0.717, 1.165) is 12.8 Å². The molecule has 1 saturated heterocycles. The lowest BCUT2D eigenvalue weighted by Gasteiger charge is -2.36. The number of hydrogen-bond acceptors (Lipinski definition) is 5. The van der Waals surface area contributed by atoms with E-state index in [1.165, 1.54) is 0 Å². The summed E-state index contributed by atoms with van der Waals surface area (Å²) >= 11 is 0. The van der Waals surface area contributed by atoms with Gasteiger partial charge in [0.2, 0.25) is 0 Å². The lowest BCUT2D eigenvalue weighted by atomic mass is 9.77. The van der Waals surface area contributed by atoms with E-state index in [1.807, 2.05) is 27.7 Å². The summed E-state index contributed by atoms with van der Waals surface area (Å²) in [5, 5.41) is 0. The first-order chi connectivity index (χ1) is 9.14. The second-order valence-corrected chi connectivity index (χ2v) is 6.80. The van der Waals surface area contributed by atoms with Crippen LogP contribution < -0.4 is 0 Å². The first-order valence-corrected chi connectivity index (χ1v) is 7.41. The molecular formula is C15H28O5. The quantitative estimate of drug-likeness (QED) is 0.398. The highest BCUT2D eigenvalue weighted by Gasteiger charge is 2.57. The number of rotatable bonds is 7. The van der Waals surface area contributed by atoms with Crippen LogP contribution in [0.4, 0.5) is 4.79 Å². The Morgan fingerprint density at radius 2 is 1.75 bits per heavy atom. The Bertz CT molecular complexity index is 331. The minimum absolute atomic E-state index is 0.0868. The van der Waals surface area contributed by atoms with E-state index in [9.17, 15) is 4.79 Å². The summed E-state index contributed by atoms with van der Waals surface area (Å²) in [5.41, 5.74) is -0.0990. The smallest absolute Gasteiger partial charge is 0.430 e. The Kier molecular flexibility index (Phi) is 5.44. The maximum absolute atomic E-state index is 12.0. The van der Waals surface area contributed by atoms with Crippen molar-refractivity contribution in [1.82, 2.24) is 0 Å². The van der Waals surface area contributed by atoms with Crippen molar-refractivity contribution in [1.29, 1.82) is 0 Å². The molecule has 1 rings (SSSR count). The van der Waals surface area contributed by atoms with E-state index in [2.05, 4.69) is 20.8 Å². The average molecular weight is 288 g/mol. The van der Waals surface area contributed by atoms with Crippen molar-refractivity contribution < 1.29 is 24.0 Å². The molecule has 1 aliphatic heterocycles. The second kappa shape index (κ2) is 6.31. The molecule has 0 radical (unpaired) electrons. The standard InChI is InChI=1S/C15H28O5/c1-8-9-14(6,7)12(10(2)3)17-13(16)18-15(11(4)5)19-20-15/h10-12H,8-9H2,1-7H3. The Morgan fingerprint density at radius 1 is 1.20 bits per heavy atom. The van der Waals surface area contributed by atoms with Gasteiger partial charge >= 0.3 is 12.1 Å². The first kappa shape index (κ1) is 17.2. The van der Waals surface area contributed by atoms with Crippen molar-refractivity contribution in [3.8, 4) is 0 Å². The molecule has 1 unspecified atom stereocenters. The maximum atomic E-state index is 12.0. The van der Waals surface area contributed by atoms with Crippen LogP contribution in [-0.4, -0.2) is 18.2 Å². The normalized spacial score (nSPS) is 19.1. The van der Waals surface area contributed by atoms with Crippen LogP contribution in [-0.2, 0) is 19.2 Å². The van der Waals surface area contributed by atoms with Gasteiger partial charge in [0, 0.05) is 5.41 Å². The summed E-state index contributed by atoms with van der Waals surface area (Å²) in [7, 11) is 0. The lowest BCUT2D eigenvalue weighted by Crippen LogP contribution is -2.39. The van der Waals surface area contributed by atoms with Crippen molar-refractivity contribution in [2.45, 2.75) is 73.4 Å². The maximum Gasteiger partial charge on any atom is 0.513 e. The van der Waals surface area contributed by atoms with Gasteiger partial charge in [0.05, 0.1) is 5.92 Å². The molecule has 5 nitrogen and oxygen atoms in total. The third-order valence-corrected chi connectivity index (χ3v) is 3.67. The summed E-state index contributed by atoms with van der Waals surface area (Å²) in [6.45, 7) is 14.1. The molecule has 1 fully saturated rings. The summed E-state index contributed by atoms with van der Waals surface area (Å²) in [6.07, 6.45) is 1.07. The Morgan fingerprint density at radius 3 is 2.10 bits per heavy atom. The van der Waals surface area contributed by atoms with Gasteiger partial charge in [-0.2, -0.15) is 9.78 Å². The molecular weight excluding hydrogens is 260 g/mol. The van der Waals surface area contributed by atoms with E-state index in [4.69, 9.17) is 19.2 Å². The number of carbonyl (C=O) groups excluding carboxylic acids is 1. The van der Waals surface area contributed by atoms with Crippen LogP contribution in [0.2, 0.25) is 0 Å². The summed E-state index contributed by atoms with van der Waals surface area (Å²) in [5.74, 6) is -1.13. The highest BCUT2D eigenvalue weighted by Crippen LogP contribution is 2.40. The summed E-state index contributed by atoms with van der Waals surface area (Å²) < 4.78 is 10.7. The van der Waals surface area contributed by atoms with Crippen molar-refractivity contribution >= 4 is 6.16 Å². The molecule has 1 atom stereocenters. The fraction of sp³-hybridized carbons (Fsp3) is 0.933. The zero-order chi connectivity index (χ0) is 15.6. The molecule has 0 aromatic rings. The minimum Gasteiger partial charge on any atom is -0.430 e. The number of hydrogen-bond donors (Lipinski definition) is 0. The molecule has 5 heteroatoms. The Labute approximate surface area is 121 Å². The van der Waals surface area contributed by atoms with Crippen LogP contribution >= 0.6 is 0 Å². The van der Waals surface area contributed by atoms with E-state index in [1.54, 1.807) is 0 Å². The highest BCUT2D eigenvalue weighted by atomic mass is 17.5. The van der Waals surface area contributed by atoms with Gasteiger partial charge in [0.1, 0.15) is 6.10 Å². The van der Waals surface area contributed by atoms with Crippen LogP contribution in [0.3, 0.4) is 0 Å². The summed E-state index contributed by atoms with van der Waals surface area (Å²) in [6, 6.07) is 0. The fourth-order valence-electron chi connectivity index (χ4n) is 2.61. The molecule has 1 aliphatic rings. The van der Waals surface area contributed by atoms with Gasteiger partial charge < -0.3 is 9.47 Å². The molecule has 0 spiro atoms. The van der Waals surface area contributed by atoms with Crippen LogP contribution in [0.1, 0.15) is 61.3 Å². The summed E-state index contributed by atoms with van der Waals surface area (Å²) in [4.78, 5) is 21.5. The molecule has 0 N–H and O–H groups in total. The first-order valence-electron chi connectivity index (χ1n) is 7.41. The lowest BCUT2D eigenvalue weighted by molar-refractivity contribution is -0.104. The van der Waals surface area contributed by atoms with Crippen LogP contribution in [0, 0.1) is 17.3 Å². The predicted octanol–water partition coefficient (Wildman–Crippen LogP) is 4.26. The van der Waals surface area contributed by atoms with E-state index in [-0.39, 0.29) is 23.4 Å². The Balaban J connectivity index is 2.65. The topological polar surface area (TPSA) is 60.6 Å². The molecule has 1 heterocycles. The van der Waals surface area contributed by atoms with Gasteiger partial charge in [-0.25, -0.2) is 4.79 Å². The molecule has 0 amide bonds. The van der Waals surface area contributed by atoms with Crippen LogP contribution in [0.15, 0.2) is 0 Å². The van der Waals surface area contributed by atoms with Crippen molar-refractivity contribution in [3.05, 3.63) is 0 Å². The molecule has 0 aliphatic carbocycles. The third kappa shape index (κ3) is 4.09. The highest BCUT2D eigenvalue weighted by molar-refractivity contribution is 5.60. The largest absolute Gasteiger partial charge is 0.513 e. The predicted molar refractivity (Wildman–Crippen MR) is 74.6 cm³/mol. The molecule has 20 heavy (non-hydrogen) atoms. The van der Waals surface area contributed by atoms with Crippen LogP contribution in [0.25, 0.3) is 0 Å². The van der Waals surface area contributed by atoms with E-state index < -0.39 is 12.1 Å². The molecule has 0 saturated carbocycles. The zero-order valence-corrected chi connectivity index (χ0v) is 13.7. The van der Waals surface area contributed by atoms with Crippen LogP contribution in [0.5, 0.6) is 0 Å². The molecule has 0 aromatic heterocycles. The fourth-order valence-corrected chi connectivity index (χ4v) is 2.61. The van der Waals surface area contributed by atoms with Crippen molar-refractivity contribution in [3.63, 3.8) is 0 Å². The molecule has 0 bridgehead atoms. The number of ether oxygens (including phenoxy) is 2. The van der Waals surface area contributed by atoms with Gasteiger partial charge in [-0.1, -0.05) is 54.9 Å². The average Bonchev–Trinajstić information content (AvgIpc) is 3.06. The Hall–Kier alpha value is -0.810. The minimum atomic E-state index is -1.26. The molecule has 118 valence electrons. The van der Waals surface area contributed by atoms with Crippen molar-refractivity contribution in [2.75, 3.05) is 0 Å². The SMILES string of the molecule is CCCC(C)(C)C(OC(=O)OC1(C(C)C)OO1)C(C)C. The van der Waals surface area contributed by atoms with E-state index in [0.29, 0.717) is 0 Å². The van der Waals surface area contributed by atoms with Gasteiger partial charge in [0.15, 0.2) is 0 Å². The monoisotopic (exact) mass is 288 g/mol. The second-order valence-electron chi connectivity index (χ2n) is 6.80. The number of carbonyl (C=O) groups is 1. The zero-order valence-electron chi connectivity index (χ0n) is 13.7. The van der Waals surface area contributed by atoms with Gasteiger partial charge in [0.25, 0.3) is 0 Å². The third-order valence-electron chi connectivity index (χ3n) is 3.67. The van der Waals surface area contributed by atoms with Gasteiger partial charge in [-0.05, 0) is 12.3 Å².